The van der Waals surface area contributed by atoms with E-state index in [2.05, 4.69) is 42.0 Å². The van der Waals surface area contributed by atoms with Crippen LogP contribution in [0.25, 0.3) is 0 Å². The van der Waals surface area contributed by atoms with Crippen LogP contribution in [0.15, 0.2) is 11.6 Å². The first-order valence-corrected chi connectivity index (χ1v) is 16.6. The minimum Gasteiger partial charge on any atom is -0.353 e. The third-order valence-electron chi connectivity index (χ3n) is 8.07. The first-order valence-electron chi connectivity index (χ1n) is 15.6. The molecule has 2 rings (SSSR count). The molecule has 1 heterocycles. The molecule has 0 radical (unpaired) electrons. The van der Waals surface area contributed by atoms with Gasteiger partial charge >= 0.3 is 6.03 Å². The van der Waals surface area contributed by atoms with Crippen molar-refractivity contribution < 1.29 is 24.0 Å². The highest BCUT2D eigenvalue weighted by Gasteiger charge is 2.46. The van der Waals surface area contributed by atoms with Crippen molar-refractivity contribution in [3.63, 3.8) is 0 Å². The number of likely N-dealkylation sites (N-methyl/N-ethyl adjacent to an activating group) is 1. The number of carbonyl (C=O) groups excluding carboxylic acids is 5. The Balaban J connectivity index is 2.26. The fourth-order valence-corrected chi connectivity index (χ4v) is 6.86. The van der Waals surface area contributed by atoms with Crippen LogP contribution < -0.4 is 21.3 Å². The average molecular weight is 622 g/mol. The molecule has 2 aliphatic rings. The van der Waals surface area contributed by atoms with Gasteiger partial charge in [-0.15, -0.1) is 0 Å². The van der Waals surface area contributed by atoms with Gasteiger partial charge in [0.2, 0.25) is 17.6 Å². The summed E-state index contributed by atoms with van der Waals surface area (Å²) in [7, 11) is 1.35. The van der Waals surface area contributed by atoms with Gasteiger partial charge in [-0.2, -0.15) is 11.8 Å². The largest absolute Gasteiger partial charge is 0.353 e. The lowest BCUT2D eigenvalue weighted by Gasteiger charge is -2.37. The number of thioether (sulfide) groups is 1. The molecule has 11 heteroatoms. The molecule has 1 saturated carbocycles. The second-order valence-corrected chi connectivity index (χ2v) is 16.1. The molecule has 1 saturated heterocycles. The zero-order valence-electron chi connectivity index (χ0n) is 27.7. The predicted octanol–water partition coefficient (Wildman–Crippen LogP) is 3.80. The Morgan fingerprint density at radius 3 is 2.09 bits per heavy atom. The van der Waals surface area contributed by atoms with Crippen LogP contribution in [0.2, 0.25) is 0 Å². The Kier molecular flexibility index (Phi) is 13.6. The lowest BCUT2D eigenvalue weighted by molar-refractivity contribution is -0.143. The van der Waals surface area contributed by atoms with Crippen LogP contribution in [0.4, 0.5) is 4.79 Å². The number of nitrogens with one attached hydrogen (secondary N) is 4. The molecule has 2 fully saturated rings. The molecular weight excluding hydrogens is 566 g/mol. The lowest BCUT2D eigenvalue weighted by Crippen LogP contribution is -2.61. The normalized spacial score (nSPS) is 20.9. The van der Waals surface area contributed by atoms with Crippen molar-refractivity contribution in [3.8, 4) is 0 Å². The minimum absolute atomic E-state index is 0.00883. The number of hydrogen-bond donors (Lipinski definition) is 4. The highest BCUT2D eigenvalue weighted by atomic mass is 32.2. The molecule has 1 aliphatic carbocycles. The summed E-state index contributed by atoms with van der Waals surface area (Å²) in [6.07, 6.45) is 8.23. The molecule has 0 bridgehead atoms. The topological polar surface area (TPSA) is 137 Å². The zero-order valence-corrected chi connectivity index (χ0v) is 28.5. The van der Waals surface area contributed by atoms with Gasteiger partial charge in [-0.25, -0.2) is 4.79 Å². The maximum atomic E-state index is 14.2. The summed E-state index contributed by atoms with van der Waals surface area (Å²) in [5.74, 6) is -1.48. The van der Waals surface area contributed by atoms with Crippen molar-refractivity contribution in [1.82, 2.24) is 26.2 Å². The maximum absolute atomic E-state index is 14.2. The van der Waals surface area contributed by atoms with Gasteiger partial charge in [0.15, 0.2) is 0 Å². The van der Waals surface area contributed by atoms with Gasteiger partial charge in [0.05, 0.1) is 6.54 Å². The van der Waals surface area contributed by atoms with Crippen molar-refractivity contribution in [2.24, 2.45) is 17.3 Å². The first-order chi connectivity index (χ1) is 19.9. The number of allylic oxidation sites excluding steroid dienone is 1. The highest BCUT2D eigenvalue weighted by Crippen LogP contribution is 2.33. The highest BCUT2D eigenvalue weighted by molar-refractivity contribution is 8.00. The molecule has 4 atom stereocenters. The third-order valence-corrected chi connectivity index (χ3v) is 9.46. The summed E-state index contributed by atoms with van der Waals surface area (Å²) in [5.41, 5.74) is 0.366. The number of amides is 5. The van der Waals surface area contributed by atoms with E-state index in [9.17, 15) is 24.0 Å². The Morgan fingerprint density at radius 1 is 0.930 bits per heavy atom. The smallest absolute Gasteiger partial charge is 0.315 e. The van der Waals surface area contributed by atoms with E-state index in [0.717, 1.165) is 37.0 Å². The molecule has 0 unspecified atom stereocenters. The number of Topliss-reactive ketones (excluding diaryl/α,β-unsaturated/α-hetero) is 1. The van der Waals surface area contributed by atoms with Crippen LogP contribution in [0.3, 0.4) is 0 Å². The quantitative estimate of drug-likeness (QED) is 0.205. The van der Waals surface area contributed by atoms with E-state index in [1.807, 2.05) is 52.5 Å². The zero-order chi connectivity index (χ0) is 32.5. The van der Waals surface area contributed by atoms with E-state index in [4.69, 9.17) is 0 Å². The minimum atomic E-state index is -0.886. The summed E-state index contributed by atoms with van der Waals surface area (Å²) in [6.45, 7) is 15.9. The average Bonchev–Trinajstić information content (AvgIpc) is 3.33. The number of likely N-dealkylation sites (tertiary alicyclic amines) is 1. The molecule has 10 nitrogen and oxygen atoms in total. The van der Waals surface area contributed by atoms with Crippen molar-refractivity contribution in [2.75, 3.05) is 25.9 Å². The van der Waals surface area contributed by atoms with Crippen LogP contribution >= 0.6 is 11.8 Å². The Hall–Kier alpha value is -2.56. The Labute approximate surface area is 262 Å². The molecular formula is C32H55N5O5S. The van der Waals surface area contributed by atoms with Crippen LogP contribution in [0.5, 0.6) is 0 Å². The maximum Gasteiger partial charge on any atom is 0.315 e. The van der Waals surface area contributed by atoms with Crippen LogP contribution in [-0.2, 0) is 19.2 Å². The molecule has 4 N–H and O–H groups in total. The van der Waals surface area contributed by atoms with Crippen molar-refractivity contribution >= 4 is 41.3 Å². The van der Waals surface area contributed by atoms with Gasteiger partial charge < -0.3 is 26.2 Å². The predicted molar refractivity (Wildman–Crippen MR) is 173 cm³/mol. The van der Waals surface area contributed by atoms with E-state index in [-0.39, 0.29) is 28.6 Å². The lowest BCUT2D eigenvalue weighted by atomic mass is 9.84. The third kappa shape index (κ3) is 11.5. The number of ketones is 1. The molecule has 0 aromatic rings. The van der Waals surface area contributed by atoms with Gasteiger partial charge in [-0.3, -0.25) is 19.2 Å². The first kappa shape index (κ1) is 36.6. The van der Waals surface area contributed by atoms with E-state index in [1.165, 1.54) is 18.4 Å². The monoisotopic (exact) mass is 621 g/mol. The van der Waals surface area contributed by atoms with Gasteiger partial charge in [-0.05, 0) is 44.4 Å². The fraction of sp³-hybridized carbons (Fsp3) is 0.781. The van der Waals surface area contributed by atoms with Gasteiger partial charge in [0, 0.05) is 36.1 Å². The second-order valence-electron chi connectivity index (χ2n) is 14.2. The summed E-state index contributed by atoms with van der Waals surface area (Å²) in [5, 5.41) is 11.0. The van der Waals surface area contributed by atoms with Crippen LogP contribution in [0, 0.1) is 17.3 Å². The number of urea groups is 1. The molecule has 0 spiro atoms. The van der Waals surface area contributed by atoms with Crippen LogP contribution in [-0.4, -0.2) is 83.2 Å². The summed E-state index contributed by atoms with van der Waals surface area (Å²) < 4.78 is 0.0626. The number of carbonyl (C=O) groups is 5. The molecule has 0 aromatic carbocycles. The Morgan fingerprint density at radius 2 is 1.56 bits per heavy atom. The van der Waals surface area contributed by atoms with Crippen molar-refractivity contribution in [2.45, 2.75) is 117 Å². The number of nitrogens with zero attached hydrogens (tertiary/aromatic N) is 1. The SMILES string of the molecule is CNC(=O)C(=O)CNC(=O)[C@@H]1[C@@H](C=C(C)C)CCN1C(=O)[C@@H](NC(=O)N[C@H](CSC(C)(C)C)C1CCCCC1)C(C)(C)C. The molecule has 43 heavy (non-hydrogen) atoms. The second kappa shape index (κ2) is 16.0. The summed E-state index contributed by atoms with van der Waals surface area (Å²) in [6, 6.07) is -2.14. The molecule has 244 valence electrons. The molecule has 1 aliphatic heterocycles. The number of rotatable bonds is 11. The van der Waals surface area contributed by atoms with Crippen molar-refractivity contribution in [3.05, 3.63) is 11.6 Å². The fourth-order valence-electron chi connectivity index (χ4n) is 5.82. The van der Waals surface area contributed by atoms with E-state index in [1.54, 1.807) is 0 Å². The van der Waals surface area contributed by atoms with E-state index in [0.29, 0.717) is 18.9 Å². The molecule has 0 aromatic heterocycles. The summed E-state index contributed by atoms with van der Waals surface area (Å²) >= 11 is 1.83. The molecule has 5 amide bonds. The Bertz CT molecular complexity index is 1040. The van der Waals surface area contributed by atoms with Gasteiger partial charge in [0.1, 0.15) is 12.1 Å². The van der Waals surface area contributed by atoms with E-state index < -0.39 is 41.6 Å². The summed E-state index contributed by atoms with van der Waals surface area (Å²) in [4.78, 5) is 66.3. The standard InChI is InChI=1S/C32H55N5O5S/c1-20(2)17-22-15-16-37(25(22)28(40)34-18-24(38)27(39)33-9)29(41)26(31(3,4)5)36-30(42)35-23(19-43-32(6,7)8)21-13-11-10-12-14-21/h17,21-23,25-26H,10-16,18-19H2,1-9H3,(H,33,39)(H,34,40)(H2,35,36,42)/t22-,23-,25+,26-/m1/s1. The van der Waals surface area contributed by atoms with Gasteiger partial charge in [-0.1, -0.05) is 72.5 Å². The van der Waals surface area contributed by atoms with Crippen LogP contribution in [0.1, 0.15) is 93.9 Å². The van der Waals surface area contributed by atoms with Gasteiger partial charge in [0.25, 0.3) is 5.91 Å². The van der Waals surface area contributed by atoms with E-state index >= 15 is 0 Å². The number of hydrogen-bond acceptors (Lipinski definition) is 6. The van der Waals surface area contributed by atoms with Crippen molar-refractivity contribution in [1.29, 1.82) is 0 Å².